The Hall–Kier alpha value is -3.18. The van der Waals surface area contributed by atoms with Crippen molar-refractivity contribution in [3.8, 4) is 0 Å². The molecule has 1 saturated heterocycles. The van der Waals surface area contributed by atoms with Crippen molar-refractivity contribution in [1.82, 2.24) is 10.3 Å². The van der Waals surface area contributed by atoms with Gasteiger partial charge in [0.1, 0.15) is 5.82 Å². The Balaban J connectivity index is 1.31. The zero-order chi connectivity index (χ0) is 20.1. The van der Waals surface area contributed by atoms with Crippen molar-refractivity contribution in [3.63, 3.8) is 0 Å². The third kappa shape index (κ3) is 4.81. The standard InChI is InChI=1S/C24H26N4O/c1-18-7-5-6-8-19(18)15-25-22-13-14-28(17-22)23-12-11-20(16-26-23)24(29)27-21-9-3-2-4-10-21/h2-12,16,22,25H,13-15,17H2,1H3,(H,27,29)/t22-/m1/s1. The Labute approximate surface area is 171 Å². The monoisotopic (exact) mass is 386 g/mol. The van der Waals surface area contributed by atoms with E-state index in [2.05, 4.69) is 51.7 Å². The first-order valence-corrected chi connectivity index (χ1v) is 10.0. The molecule has 2 aromatic carbocycles. The summed E-state index contributed by atoms with van der Waals surface area (Å²) in [6.45, 7) is 4.93. The van der Waals surface area contributed by atoms with E-state index in [0.717, 1.165) is 37.6 Å². The molecule has 1 atom stereocenters. The average molecular weight is 386 g/mol. The molecule has 0 saturated carbocycles. The molecule has 1 fully saturated rings. The average Bonchev–Trinajstić information content (AvgIpc) is 3.23. The number of carbonyl (C=O) groups excluding carboxylic acids is 1. The summed E-state index contributed by atoms with van der Waals surface area (Å²) >= 11 is 0. The fraction of sp³-hybridized carbons (Fsp3) is 0.250. The number of pyridine rings is 1. The van der Waals surface area contributed by atoms with Crippen LogP contribution >= 0.6 is 0 Å². The van der Waals surface area contributed by atoms with Gasteiger partial charge in [-0.2, -0.15) is 0 Å². The molecule has 2 heterocycles. The van der Waals surface area contributed by atoms with E-state index < -0.39 is 0 Å². The number of rotatable bonds is 6. The number of anilines is 2. The topological polar surface area (TPSA) is 57.3 Å². The molecule has 0 radical (unpaired) electrons. The third-order valence-corrected chi connectivity index (χ3v) is 5.40. The van der Waals surface area contributed by atoms with Gasteiger partial charge < -0.3 is 15.5 Å². The Kier molecular flexibility index (Phi) is 5.86. The number of nitrogens with one attached hydrogen (secondary N) is 2. The van der Waals surface area contributed by atoms with Crippen LogP contribution in [-0.2, 0) is 6.54 Å². The lowest BCUT2D eigenvalue weighted by molar-refractivity contribution is 0.102. The molecule has 1 aromatic heterocycles. The number of para-hydroxylation sites is 1. The first-order chi connectivity index (χ1) is 14.2. The highest BCUT2D eigenvalue weighted by atomic mass is 16.1. The maximum atomic E-state index is 12.4. The number of nitrogens with zero attached hydrogens (tertiary/aromatic N) is 2. The lowest BCUT2D eigenvalue weighted by Crippen LogP contribution is -2.32. The van der Waals surface area contributed by atoms with E-state index in [9.17, 15) is 4.79 Å². The van der Waals surface area contributed by atoms with Gasteiger partial charge in [-0.25, -0.2) is 4.98 Å². The second kappa shape index (κ2) is 8.88. The fourth-order valence-corrected chi connectivity index (χ4v) is 3.63. The van der Waals surface area contributed by atoms with E-state index >= 15 is 0 Å². The van der Waals surface area contributed by atoms with Crippen LogP contribution in [0.2, 0.25) is 0 Å². The lowest BCUT2D eigenvalue weighted by atomic mass is 10.1. The predicted octanol–water partition coefficient (Wildman–Crippen LogP) is 4.01. The second-order valence-corrected chi connectivity index (χ2v) is 7.46. The number of aromatic nitrogens is 1. The zero-order valence-corrected chi connectivity index (χ0v) is 16.6. The Bertz CT molecular complexity index is 956. The molecule has 0 aliphatic carbocycles. The first kappa shape index (κ1) is 19.2. The highest BCUT2D eigenvalue weighted by molar-refractivity contribution is 6.04. The molecule has 5 heteroatoms. The van der Waals surface area contributed by atoms with E-state index in [1.807, 2.05) is 42.5 Å². The minimum Gasteiger partial charge on any atom is -0.355 e. The van der Waals surface area contributed by atoms with E-state index in [1.54, 1.807) is 6.20 Å². The molecule has 29 heavy (non-hydrogen) atoms. The molecule has 1 aliphatic heterocycles. The van der Waals surface area contributed by atoms with E-state index in [0.29, 0.717) is 11.6 Å². The number of aryl methyl sites for hydroxylation is 1. The molecular weight excluding hydrogens is 360 g/mol. The predicted molar refractivity (Wildman–Crippen MR) is 117 cm³/mol. The smallest absolute Gasteiger partial charge is 0.257 e. The Morgan fingerprint density at radius 2 is 1.86 bits per heavy atom. The zero-order valence-electron chi connectivity index (χ0n) is 16.6. The maximum absolute atomic E-state index is 12.4. The van der Waals surface area contributed by atoms with Crippen molar-refractivity contribution < 1.29 is 4.79 Å². The van der Waals surface area contributed by atoms with Crippen LogP contribution in [0.1, 0.15) is 27.9 Å². The summed E-state index contributed by atoms with van der Waals surface area (Å²) < 4.78 is 0. The summed E-state index contributed by atoms with van der Waals surface area (Å²) in [4.78, 5) is 19.2. The highest BCUT2D eigenvalue weighted by Gasteiger charge is 2.23. The van der Waals surface area contributed by atoms with Crippen LogP contribution in [0.25, 0.3) is 0 Å². The minimum absolute atomic E-state index is 0.144. The molecule has 4 rings (SSSR count). The molecule has 0 spiro atoms. The molecule has 2 N–H and O–H groups in total. The SMILES string of the molecule is Cc1ccccc1CN[C@@H]1CCN(c2ccc(C(=O)Nc3ccccc3)cn2)C1. The number of hydrogen-bond acceptors (Lipinski definition) is 4. The molecule has 1 amide bonds. The van der Waals surface area contributed by atoms with Gasteiger partial charge in [-0.15, -0.1) is 0 Å². The van der Waals surface area contributed by atoms with Crippen LogP contribution in [0.5, 0.6) is 0 Å². The number of hydrogen-bond donors (Lipinski definition) is 2. The van der Waals surface area contributed by atoms with E-state index in [1.165, 1.54) is 11.1 Å². The van der Waals surface area contributed by atoms with Gasteiger partial charge in [-0.3, -0.25) is 4.79 Å². The molecule has 148 valence electrons. The highest BCUT2D eigenvalue weighted by Crippen LogP contribution is 2.19. The van der Waals surface area contributed by atoms with E-state index in [4.69, 9.17) is 0 Å². The number of amides is 1. The summed E-state index contributed by atoms with van der Waals surface area (Å²) in [6, 6.07) is 22.2. The molecule has 3 aromatic rings. The van der Waals surface area contributed by atoms with Gasteiger partial charge in [0.2, 0.25) is 0 Å². The number of carbonyl (C=O) groups is 1. The Morgan fingerprint density at radius 3 is 2.62 bits per heavy atom. The fourth-order valence-electron chi connectivity index (χ4n) is 3.63. The summed E-state index contributed by atoms with van der Waals surface area (Å²) in [5.74, 6) is 0.774. The largest absolute Gasteiger partial charge is 0.355 e. The molecule has 1 aliphatic rings. The maximum Gasteiger partial charge on any atom is 0.257 e. The third-order valence-electron chi connectivity index (χ3n) is 5.40. The van der Waals surface area contributed by atoms with Gasteiger partial charge in [0.05, 0.1) is 5.56 Å². The van der Waals surface area contributed by atoms with E-state index in [-0.39, 0.29) is 5.91 Å². The van der Waals surface area contributed by atoms with Crippen LogP contribution in [-0.4, -0.2) is 30.0 Å². The summed E-state index contributed by atoms with van der Waals surface area (Å²) in [5, 5.41) is 6.55. The van der Waals surface area contributed by atoms with Gasteiger partial charge in [-0.1, -0.05) is 42.5 Å². The van der Waals surface area contributed by atoms with Gasteiger partial charge >= 0.3 is 0 Å². The molecule has 5 nitrogen and oxygen atoms in total. The lowest BCUT2D eigenvalue weighted by Gasteiger charge is -2.18. The van der Waals surface area contributed by atoms with Crippen molar-refractivity contribution in [2.24, 2.45) is 0 Å². The quantitative estimate of drug-likeness (QED) is 0.672. The van der Waals surface area contributed by atoms with Crippen molar-refractivity contribution in [3.05, 3.63) is 89.6 Å². The van der Waals surface area contributed by atoms with Crippen molar-refractivity contribution in [1.29, 1.82) is 0 Å². The van der Waals surface area contributed by atoms with Crippen molar-refractivity contribution in [2.45, 2.75) is 25.9 Å². The second-order valence-electron chi connectivity index (χ2n) is 7.46. The van der Waals surface area contributed by atoms with Crippen LogP contribution in [0.4, 0.5) is 11.5 Å². The Morgan fingerprint density at radius 1 is 1.07 bits per heavy atom. The summed E-state index contributed by atoms with van der Waals surface area (Å²) in [5.41, 5.74) is 4.01. The summed E-state index contributed by atoms with van der Waals surface area (Å²) in [7, 11) is 0. The number of benzene rings is 2. The van der Waals surface area contributed by atoms with Gasteiger partial charge in [-0.05, 0) is 48.7 Å². The van der Waals surface area contributed by atoms with Crippen LogP contribution in [0.3, 0.4) is 0 Å². The van der Waals surface area contributed by atoms with Crippen LogP contribution in [0, 0.1) is 6.92 Å². The minimum atomic E-state index is -0.144. The van der Waals surface area contributed by atoms with Crippen molar-refractivity contribution in [2.75, 3.05) is 23.3 Å². The van der Waals surface area contributed by atoms with Crippen LogP contribution < -0.4 is 15.5 Å². The molecular formula is C24H26N4O. The van der Waals surface area contributed by atoms with Gasteiger partial charge in [0.25, 0.3) is 5.91 Å². The van der Waals surface area contributed by atoms with Gasteiger partial charge in [0.15, 0.2) is 0 Å². The van der Waals surface area contributed by atoms with Crippen molar-refractivity contribution >= 4 is 17.4 Å². The normalized spacial score (nSPS) is 16.0. The molecule has 0 bridgehead atoms. The summed E-state index contributed by atoms with van der Waals surface area (Å²) in [6.07, 6.45) is 2.74. The van der Waals surface area contributed by atoms with Crippen LogP contribution in [0.15, 0.2) is 72.9 Å². The molecule has 0 unspecified atom stereocenters. The first-order valence-electron chi connectivity index (χ1n) is 10.0. The van der Waals surface area contributed by atoms with Gasteiger partial charge in [0, 0.05) is 37.6 Å².